The van der Waals surface area contributed by atoms with Crippen molar-refractivity contribution in [2.45, 2.75) is 58.1 Å². The molecule has 1 rings (SSSR count). The lowest BCUT2D eigenvalue weighted by Gasteiger charge is -2.29. The van der Waals surface area contributed by atoms with Crippen LogP contribution in [0.25, 0.3) is 0 Å². The Morgan fingerprint density at radius 2 is 2.00 bits per heavy atom. The standard InChI is InChI=1S/C13H26N2O2/c1-10-4-6-12(7-5-10)14-13(17)15(3)9-8-11(2)16/h10-12,16H,4-9H2,1-3H3,(H,14,17). The molecule has 4 nitrogen and oxygen atoms in total. The summed E-state index contributed by atoms with van der Waals surface area (Å²) in [6.07, 6.45) is 4.89. The second kappa shape index (κ2) is 6.84. The summed E-state index contributed by atoms with van der Waals surface area (Å²) in [4.78, 5) is 13.5. The van der Waals surface area contributed by atoms with E-state index in [1.807, 2.05) is 0 Å². The maximum absolute atomic E-state index is 11.8. The van der Waals surface area contributed by atoms with Gasteiger partial charge in [0.25, 0.3) is 0 Å². The zero-order valence-corrected chi connectivity index (χ0v) is 11.3. The highest BCUT2D eigenvalue weighted by Gasteiger charge is 2.20. The summed E-state index contributed by atoms with van der Waals surface area (Å²) in [5.41, 5.74) is 0. The maximum atomic E-state index is 11.8. The summed E-state index contributed by atoms with van der Waals surface area (Å²) in [7, 11) is 1.78. The molecule has 0 aromatic rings. The van der Waals surface area contributed by atoms with Gasteiger partial charge in [-0.1, -0.05) is 6.92 Å². The van der Waals surface area contributed by atoms with Crippen LogP contribution in [0.4, 0.5) is 4.79 Å². The van der Waals surface area contributed by atoms with Gasteiger partial charge < -0.3 is 15.3 Å². The molecular formula is C13H26N2O2. The van der Waals surface area contributed by atoms with E-state index in [1.165, 1.54) is 12.8 Å². The lowest BCUT2D eigenvalue weighted by molar-refractivity contribution is 0.160. The molecule has 4 heteroatoms. The Morgan fingerprint density at radius 1 is 1.41 bits per heavy atom. The van der Waals surface area contributed by atoms with Gasteiger partial charge in [0.05, 0.1) is 6.10 Å². The van der Waals surface area contributed by atoms with Crippen LogP contribution in [0, 0.1) is 5.92 Å². The smallest absolute Gasteiger partial charge is 0.317 e. The summed E-state index contributed by atoms with van der Waals surface area (Å²) in [6.45, 7) is 4.62. The van der Waals surface area contributed by atoms with Crippen LogP contribution in [-0.2, 0) is 0 Å². The minimum absolute atomic E-state index is 0.00907. The third-order valence-electron chi connectivity index (χ3n) is 3.57. The van der Waals surface area contributed by atoms with Crippen molar-refractivity contribution in [3.05, 3.63) is 0 Å². The van der Waals surface area contributed by atoms with E-state index in [1.54, 1.807) is 18.9 Å². The summed E-state index contributed by atoms with van der Waals surface area (Å²) >= 11 is 0. The van der Waals surface area contributed by atoms with Crippen LogP contribution in [0.1, 0.15) is 46.0 Å². The molecule has 2 N–H and O–H groups in total. The van der Waals surface area contributed by atoms with Crippen molar-refractivity contribution in [3.63, 3.8) is 0 Å². The summed E-state index contributed by atoms with van der Waals surface area (Å²) in [6, 6.07) is 0.331. The number of rotatable bonds is 4. The van der Waals surface area contributed by atoms with Gasteiger partial charge in [0.1, 0.15) is 0 Å². The number of amides is 2. The Morgan fingerprint density at radius 3 is 2.53 bits per heavy atom. The lowest BCUT2D eigenvalue weighted by atomic mass is 9.87. The number of carbonyl (C=O) groups excluding carboxylic acids is 1. The third-order valence-corrected chi connectivity index (χ3v) is 3.57. The first-order chi connectivity index (χ1) is 7.99. The van der Waals surface area contributed by atoms with Gasteiger partial charge >= 0.3 is 6.03 Å². The molecule has 0 bridgehead atoms. The largest absolute Gasteiger partial charge is 0.393 e. The molecule has 0 spiro atoms. The second-order valence-electron chi connectivity index (χ2n) is 5.47. The van der Waals surface area contributed by atoms with E-state index in [9.17, 15) is 9.90 Å². The Kier molecular flexibility index (Phi) is 5.75. The maximum Gasteiger partial charge on any atom is 0.317 e. The van der Waals surface area contributed by atoms with Crippen LogP contribution in [0.5, 0.6) is 0 Å². The quantitative estimate of drug-likeness (QED) is 0.792. The van der Waals surface area contributed by atoms with Gasteiger partial charge in [0, 0.05) is 19.6 Å². The van der Waals surface area contributed by atoms with Gasteiger partial charge in [-0.3, -0.25) is 0 Å². The summed E-state index contributed by atoms with van der Waals surface area (Å²) in [5.74, 6) is 0.802. The molecule has 1 aliphatic rings. The van der Waals surface area contributed by atoms with E-state index in [2.05, 4.69) is 12.2 Å². The van der Waals surface area contributed by atoms with Crippen molar-refractivity contribution in [1.82, 2.24) is 10.2 Å². The fraction of sp³-hybridized carbons (Fsp3) is 0.923. The van der Waals surface area contributed by atoms with Crippen molar-refractivity contribution >= 4 is 6.03 Å². The van der Waals surface area contributed by atoms with Gasteiger partial charge in [0.15, 0.2) is 0 Å². The van der Waals surface area contributed by atoms with Crippen LogP contribution in [-0.4, -0.2) is 41.8 Å². The number of urea groups is 1. The predicted molar refractivity (Wildman–Crippen MR) is 68.9 cm³/mol. The highest BCUT2D eigenvalue weighted by atomic mass is 16.3. The molecule has 1 fully saturated rings. The zero-order chi connectivity index (χ0) is 12.8. The van der Waals surface area contributed by atoms with E-state index in [0.717, 1.165) is 18.8 Å². The molecule has 0 heterocycles. The first-order valence-corrected chi connectivity index (χ1v) is 6.68. The Labute approximate surface area is 104 Å². The normalized spacial score (nSPS) is 26.4. The number of aliphatic hydroxyl groups excluding tert-OH is 1. The zero-order valence-electron chi connectivity index (χ0n) is 11.3. The predicted octanol–water partition coefficient (Wildman–Crippen LogP) is 1.98. The highest BCUT2D eigenvalue weighted by molar-refractivity contribution is 5.74. The monoisotopic (exact) mass is 242 g/mol. The number of hydrogen-bond acceptors (Lipinski definition) is 2. The van der Waals surface area contributed by atoms with E-state index >= 15 is 0 Å². The van der Waals surface area contributed by atoms with Crippen LogP contribution in [0.2, 0.25) is 0 Å². The Balaban J connectivity index is 2.23. The third kappa shape index (κ3) is 5.39. The fourth-order valence-corrected chi connectivity index (χ4v) is 2.17. The first kappa shape index (κ1) is 14.3. The van der Waals surface area contributed by atoms with E-state index in [0.29, 0.717) is 19.0 Å². The van der Waals surface area contributed by atoms with Crippen LogP contribution >= 0.6 is 0 Å². The molecule has 1 aliphatic carbocycles. The van der Waals surface area contributed by atoms with Gasteiger partial charge in [-0.15, -0.1) is 0 Å². The number of hydrogen-bond donors (Lipinski definition) is 2. The molecule has 0 radical (unpaired) electrons. The van der Waals surface area contributed by atoms with Gasteiger partial charge in [-0.2, -0.15) is 0 Å². The number of nitrogens with one attached hydrogen (secondary N) is 1. The Bertz CT molecular complexity index is 236. The lowest BCUT2D eigenvalue weighted by Crippen LogP contribution is -2.44. The minimum Gasteiger partial charge on any atom is -0.393 e. The van der Waals surface area contributed by atoms with E-state index in [4.69, 9.17) is 0 Å². The SMILES string of the molecule is CC(O)CCN(C)C(=O)NC1CCC(C)CC1. The fourth-order valence-electron chi connectivity index (χ4n) is 2.17. The topological polar surface area (TPSA) is 52.6 Å². The number of carbonyl (C=O) groups is 1. The molecule has 1 unspecified atom stereocenters. The van der Waals surface area contributed by atoms with E-state index in [-0.39, 0.29) is 12.1 Å². The van der Waals surface area contributed by atoms with Crippen molar-refractivity contribution in [2.75, 3.05) is 13.6 Å². The van der Waals surface area contributed by atoms with Crippen molar-refractivity contribution in [3.8, 4) is 0 Å². The van der Waals surface area contributed by atoms with Crippen molar-refractivity contribution < 1.29 is 9.90 Å². The van der Waals surface area contributed by atoms with Crippen molar-refractivity contribution in [2.24, 2.45) is 5.92 Å². The molecule has 2 amide bonds. The van der Waals surface area contributed by atoms with Gasteiger partial charge in [-0.05, 0) is 44.9 Å². The first-order valence-electron chi connectivity index (χ1n) is 6.68. The number of aliphatic hydroxyl groups is 1. The minimum atomic E-state index is -0.346. The van der Waals surface area contributed by atoms with Crippen LogP contribution in [0.15, 0.2) is 0 Å². The van der Waals surface area contributed by atoms with E-state index < -0.39 is 0 Å². The molecule has 0 aromatic heterocycles. The molecule has 1 saturated carbocycles. The van der Waals surface area contributed by atoms with Crippen LogP contribution < -0.4 is 5.32 Å². The van der Waals surface area contributed by atoms with Crippen LogP contribution in [0.3, 0.4) is 0 Å². The van der Waals surface area contributed by atoms with Gasteiger partial charge in [0.2, 0.25) is 0 Å². The average molecular weight is 242 g/mol. The summed E-state index contributed by atoms with van der Waals surface area (Å²) in [5, 5.41) is 12.2. The van der Waals surface area contributed by atoms with Gasteiger partial charge in [-0.25, -0.2) is 4.79 Å². The second-order valence-corrected chi connectivity index (χ2v) is 5.47. The Hall–Kier alpha value is -0.770. The molecule has 17 heavy (non-hydrogen) atoms. The molecule has 0 aromatic carbocycles. The van der Waals surface area contributed by atoms with Crippen molar-refractivity contribution in [1.29, 1.82) is 0 Å². The average Bonchev–Trinajstić information content (AvgIpc) is 2.28. The molecule has 1 atom stereocenters. The molecular weight excluding hydrogens is 216 g/mol. The number of nitrogens with zero attached hydrogens (tertiary/aromatic N) is 1. The molecule has 100 valence electrons. The highest BCUT2D eigenvalue weighted by Crippen LogP contribution is 2.23. The molecule has 0 saturated heterocycles. The molecule has 0 aliphatic heterocycles. The summed E-state index contributed by atoms with van der Waals surface area (Å²) < 4.78 is 0.